The molecule has 0 aliphatic rings. The second kappa shape index (κ2) is 8.63. The number of nitrogens with zero attached hydrogens (tertiary/aromatic N) is 3. The monoisotopic (exact) mass is 255 g/mol. The number of aromatic nitrogens is 3. The molecule has 6 heteroatoms. The minimum atomic E-state index is -0.748. The van der Waals surface area contributed by atoms with Crippen molar-refractivity contribution in [3.8, 4) is 0 Å². The summed E-state index contributed by atoms with van der Waals surface area (Å²) in [7, 11) is 0. The highest BCUT2D eigenvalue weighted by Crippen LogP contribution is 2.04. The van der Waals surface area contributed by atoms with Gasteiger partial charge in [0.05, 0.1) is 5.69 Å². The van der Waals surface area contributed by atoms with Gasteiger partial charge in [-0.05, 0) is 38.5 Å². The maximum absolute atomic E-state index is 10.3. The van der Waals surface area contributed by atoms with Gasteiger partial charge < -0.3 is 10.2 Å². The van der Waals surface area contributed by atoms with Gasteiger partial charge in [-0.2, -0.15) is 0 Å². The van der Waals surface area contributed by atoms with Crippen LogP contribution in [0.2, 0.25) is 0 Å². The third-order valence-electron chi connectivity index (χ3n) is 2.70. The molecule has 0 saturated heterocycles. The van der Waals surface area contributed by atoms with Gasteiger partial charge in [0.15, 0.2) is 0 Å². The molecule has 0 bridgehead atoms. The molecule has 0 aliphatic heterocycles. The van der Waals surface area contributed by atoms with Crippen LogP contribution >= 0.6 is 0 Å². The number of hydrogen-bond acceptors (Lipinski definition) is 4. The van der Waals surface area contributed by atoms with Crippen molar-refractivity contribution in [2.24, 2.45) is 0 Å². The zero-order valence-corrected chi connectivity index (χ0v) is 10.6. The van der Waals surface area contributed by atoms with Gasteiger partial charge >= 0.3 is 5.97 Å². The SMILES string of the molecule is O=C(O)CCCCc1cn(CCCCCO)nn1. The van der Waals surface area contributed by atoms with Crippen molar-refractivity contribution in [3.63, 3.8) is 0 Å². The number of carboxylic acid groups (broad SMARTS) is 1. The molecule has 102 valence electrons. The topological polar surface area (TPSA) is 88.2 Å². The average Bonchev–Trinajstić information content (AvgIpc) is 2.78. The van der Waals surface area contributed by atoms with Gasteiger partial charge in [-0.15, -0.1) is 5.10 Å². The molecule has 0 fully saturated rings. The molecule has 6 nitrogen and oxygen atoms in total. The Bertz CT molecular complexity index is 352. The molecule has 1 heterocycles. The first-order valence-corrected chi connectivity index (χ1v) is 6.44. The van der Waals surface area contributed by atoms with Gasteiger partial charge in [0, 0.05) is 25.8 Å². The summed E-state index contributed by atoms with van der Waals surface area (Å²) in [4.78, 5) is 10.3. The van der Waals surface area contributed by atoms with Crippen LogP contribution < -0.4 is 0 Å². The number of carbonyl (C=O) groups is 1. The van der Waals surface area contributed by atoms with Gasteiger partial charge in [-0.25, -0.2) is 0 Å². The first-order chi connectivity index (χ1) is 8.72. The molecule has 0 unspecified atom stereocenters. The van der Waals surface area contributed by atoms with Gasteiger partial charge in [0.1, 0.15) is 0 Å². The Morgan fingerprint density at radius 3 is 2.78 bits per heavy atom. The summed E-state index contributed by atoms with van der Waals surface area (Å²) in [6.07, 6.45) is 7.23. The number of hydrogen-bond donors (Lipinski definition) is 2. The van der Waals surface area contributed by atoms with Crippen LogP contribution in [-0.4, -0.2) is 37.8 Å². The van der Waals surface area contributed by atoms with Gasteiger partial charge in [-0.3, -0.25) is 9.48 Å². The molecule has 0 aromatic carbocycles. The molecule has 0 saturated carbocycles. The largest absolute Gasteiger partial charge is 0.481 e. The van der Waals surface area contributed by atoms with E-state index in [1.54, 1.807) is 0 Å². The zero-order valence-electron chi connectivity index (χ0n) is 10.6. The van der Waals surface area contributed by atoms with Crippen molar-refractivity contribution in [1.82, 2.24) is 15.0 Å². The minimum Gasteiger partial charge on any atom is -0.481 e. The summed E-state index contributed by atoms with van der Waals surface area (Å²) >= 11 is 0. The van der Waals surface area contributed by atoms with Crippen molar-refractivity contribution in [3.05, 3.63) is 11.9 Å². The van der Waals surface area contributed by atoms with Crippen molar-refractivity contribution in [2.45, 2.75) is 51.5 Å². The third kappa shape index (κ3) is 6.34. The molecule has 2 N–H and O–H groups in total. The van der Waals surface area contributed by atoms with E-state index in [4.69, 9.17) is 10.2 Å². The highest BCUT2D eigenvalue weighted by molar-refractivity contribution is 5.66. The Balaban J connectivity index is 2.15. The maximum Gasteiger partial charge on any atom is 0.303 e. The van der Waals surface area contributed by atoms with Crippen LogP contribution in [0, 0.1) is 0 Å². The lowest BCUT2D eigenvalue weighted by molar-refractivity contribution is -0.137. The van der Waals surface area contributed by atoms with E-state index in [0.717, 1.165) is 44.3 Å². The van der Waals surface area contributed by atoms with E-state index in [0.29, 0.717) is 6.42 Å². The summed E-state index contributed by atoms with van der Waals surface area (Å²) in [5.74, 6) is -0.748. The fourth-order valence-electron chi connectivity index (χ4n) is 1.71. The zero-order chi connectivity index (χ0) is 13.2. The predicted octanol–water partition coefficient (Wildman–Crippen LogP) is 1.24. The lowest BCUT2D eigenvalue weighted by Gasteiger charge is -1.98. The number of carboxylic acids is 1. The Morgan fingerprint density at radius 2 is 2.06 bits per heavy atom. The van der Waals surface area contributed by atoms with Crippen molar-refractivity contribution >= 4 is 5.97 Å². The Labute approximate surface area is 107 Å². The van der Waals surface area contributed by atoms with E-state index < -0.39 is 5.97 Å². The molecular formula is C12H21N3O3. The maximum atomic E-state index is 10.3. The molecule has 0 amide bonds. The van der Waals surface area contributed by atoms with Gasteiger partial charge in [0.25, 0.3) is 0 Å². The molecule has 1 aromatic heterocycles. The number of rotatable bonds is 10. The fraction of sp³-hybridized carbons (Fsp3) is 0.750. The summed E-state index contributed by atoms with van der Waals surface area (Å²) in [5, 5.41) is 25.2. The molecule has 18 heavy (non-hydrogen) atoms. The lowest BCUT2D eigenvalue weighted by Crippen LogP contribution is -1.99. The number of unbranched alkanes of at least 4 members (excludes halogenated alkanes) is 3. The number of aliphatic hydroxyl groups is 1. The first-order valence-electron chi connectivity index (χ1n) is 6.44. The van der Waals surface area contributed by atoms with Crippen LogP contribution in [0.1, 0.15) is 44.2 Å². The number of aryl methyl sites for hydroxylation is 2. The average molecular weight is 255 g/mol. The van der Waals surface area contributed by atoms with Gasteiger partial charge in [0.2, 0.25) is 0 Å². The van der Waals surface area contributed by atoms with E-state index in [-0.39, 0.29) is 13.0 Å². The first kappa shape index (κ1) is 14.6. The van der Waals surface area contributed by atoms with E-state index >= 15 is 0 Å². The van der Waals surface area contributed by atoms with Gasteiger partial charge in [-0.1, -0.05) is 5.21 Å². The molecule has 1 aromatic rings. The Morgan fingerprint density at radius 1 is 1.22 bits per heavy atom. The predicted molar refractivity (Wildman–Crippen MR) is 66.1 cm³/mol. The highest BCUT2D eigenvalue weighted by Gasteiger charge is 2.02. The molecule has 0 radical (unpaired) electrons. The quantitative estimate of drug-likeness (QED) is 0.614. The third-order valence-corrected chi connectivity index (χ3v) is 2.70. The van der Waals surface area contributed by atoms with Crippen molar-refractivity contribution < 1.29 is 15.0 Å². The molecular weight excluding hydrogens is 234 g/mol. The molecule has 1 rings (SSSR count). The minimum absolute atomic E-state index is 0.218. The van der Waals surface area contributed by atoms with Crippen molar-refractivity contribution in [2.75, 3.05) is 6.61 Å². The Hall–Kier alpha value is -1.43. The molecule has 0 spiro atoms. The normalized spacial score (nSPS) is 10.7. The van der Waals surface area contributed by atoms with E-state index in [1.807, 2.05) is 10.9 Å². The van der Waals surface area contributed by atoms with E-state index in [2.05, 4.69) is 10.3 Å². The van der Waals surface area contributed by atoms with E-state index in [1.165, 1.54) is 0 Å². The Kier molecular flexibility index (Phi) is 7.01. The van der Waals surface area contributed by atoms with E-state index in [9.17, 15) is 4.79 Å². The van der Waals surface area contributed by atoms with Crippen LogP contribution in [0.5, 0.6) is 0 Å². The van der Waals surface area contributed by atoms with Crippen LogP contribution in [0.25, 0.3) is 0 Å². The fourth-order valence-corrected chi connectivity index (χ4v) is 1.71. The summed E-state index contributed by atoms with van der Waals surface area (Å²) in [5.41, 5.74) is 0.919. The standard InChI is InChI=1S/C12H21N3O3/c16-9-5-1-4-8-15-10-11(13-14-15)6-2-3-7-12(17)18/h10,16H,1-9H2,(H,17,18). The summed E-state index contributed by atoms with van der Waals surface area (Å²) in [6.45, 7) is 1.06. The summed E-state index contributed by atoms with van der Waals surface area (Å²) in [6, 6.07) is 0. The molecule has 0 atom stereocenters. The second-order valence-corrected chi connectivity index (χ2v) is 4.36. The number of aliphatic carboxylic acids is 1. The smallest absolute Gasteiger partial charge is 0.303 e. The second-order valence-electron chi connectivity index (χ2n) is 4.36. The van der Waals surface area contributed by atoms with Crippen LogP contribution in [0.4, 0.5) is 0 Å². The lowest BCUT2D eigenvalue weighted by atomic mass is 10.1. The molecule has 0 aliphatic carbocycles. The van der Waals surface area contributed by atoms with Crippen LogP contribution in [-0.2, 0) is 17.8 Å². The van der Waals surface area contributed by atoms with Crippen LogP contribution in [0.3, 0.4) is 0 Å². The van der Waals surface area contributed by atoms with Crippen molar-refractivity contribution in [1.29, 1.82) is 0 Å². The summed E-state index contributed by atoms with van der Waals surface area (Å²) < 4.78 is 1.81. The highest BCUT2D eigenvalue weighted by atomic mass is 16.4. The number of aliphatic hydroxyl groups excluding tert-OH is 1. The van der Waals surface area contributed by atoms with Crippen LogP contribution in [0.15, 0.2) is 6.20 Å².